The predicted molar refractivity (Wildman–Crippen MR) is 150 cm³/mol. The molecule has 0 spiro atoms. The quantitative estimate of drug-likeness (QED) is 0.335. The van der Waals surface area contributed by atoms with E-state index in [9.17, 15) is 14.4 Å². The molecule has 2 atom stereocenters. The minimum absolute atomic E-state index is 0.128. The Bertz CT molecular complexity index is 1530. The zero-order valence-electron chi connectivity index (χ0n) is 24.0. The highest BCUT2D eigenvalue weighted by atomic mass is 19.1. The van der Waals surface area contributed by atoms with Gasteiger partial charge in [-0.3, -0.25) is 19.1 Å². The molecule has 0 unspecified atom stereocenters. The number of aromatic nitrogens is 2. The lowest BCUT2D eigenvalue weighted by molar-refractivity contribution is -0.152. The number of halogens is 2. The van der Waals surface area contributed by atoms with Crippen LogP contribution >= 0.6 is 0 Å². The van der Waals surface area contributed by atoms with E-state index in [1.807, 2.05) is 26.0 Å². The van der Waals surface area contributed by atoms with Crippen LogP contribution in [0.1, 0.15) is 72.4 Å². The van der Waals surface area contributed by atoms with Gasteiger partial charge < -0.3 is 20.1 Å². The van der Waals surface area contributed by atoms with Crippen molar-refractivity contribution in [3.63, 3.8) is 0 Å². The van der Waals surface area contributed by atoms with E-state index < -0.39 is 53.7 Å². The van der Waals surface area contributed by atoms with Crippen LogP contribution in [0, 0.1) is 17.6 Å². The highest BCUT2D eigenvalue weighted by molar-refractivity contribution is 5.96. The molecule has 9 nitrogen and oxygen atoms in total. The van der Waals surface area contributed by atoms with Crippen molar-refractivity contribution in [3.05, 3.63) is 92.4 Å². The van der Waals surface area contributed by atoms with Gasteiger partial charge in [0.05, 0.1) is 12.2 Å². The molecule has 2 heterocycles. The number of carbonyl (C=O) groups is 2. The third-order valence-electron chi connectivity index (χ3n) is 8.14. The van der Waals surface area contributed by atoms with E-state index in [4.69, 9.17) is 15.2 Å². The van der Waals surface area contributed by atoms with Crippen LogP contribution in [0.3, 0.4) is 0 Å². The average Bonchev–Trinajstić information content (AvgIpc) is 3.12. The number of hydrogen-bond donors (Lipinski definition) is 1. The molecule has 0 saturated heterocycles. The number of benzene rings is 2. The first kappa shape index (κ1) is 29.4. The van der Waals surface area contributed by atoms with Crippen molar-refractivity contribution in [3.8, 4) is 5.75 Å². The Hall–Kier alpha value is -4.12. The van der Waals surface area contributed by atoms with E-state index in [-0.39, 0.29) is 29.9 Å². The second-order valence-corrected chi connectivity index (χ2v) is 11.3. The number of esters is 1. The highest BCUT2D eigenvalue weighted by Gasteiger charge is 2.43. The van der Waals surface area contributed by atoms with Crippen molar-refractivity contribution in [1.29, 1.82) is 0 Å². The van der Waals surface area contributed by atoms with Gasteiger partial charge in [-0.2, -0.15) is 5.10 Å². The zero-order valence-corrected chi connectivity index (χ0v) is 24.0. The maximum Gasteiger partial charge on any atom is 0.326 e. The molecule has 5 rings (SSSR count). The van der Waals surface area contributed by atoms with Gasteiger partial charge in [0.1, 0.15) is 17.7 Å². The number of ether oxygens (including phenoxy) is 2. The Labute approximate surface area is 242 Å². The molecule has 2 aliphatic rings. The number of carbonyl (C=O) groups excluding carboxylic acids is 2. The van der Waals surface area contributed by atoms with Gasteiger partial charge in [0.15, 0.2) is 5.69 Å². The molecule has 2 N–H and O–H groups in total. The van der Waals surface area contributed by atoms with Gasteiger partial charge in [-0.15, -0.1) is 0 Å². The summed E-state index contributed by atoms with van der Waals surface area (Å²) in [5.74, 6) is -3.12. The van der Waals surface area contributed by atoms with Crippen molar-refractivity contribution in [2.45, 2.75) is 64.6 Å². The SMILES string of the molecule is CC(C)[C@@H](N)C(=O)OCOc1c2n(ncc1=O)[C@@H](C1c3cccc(F)c3CCc3c(F)cccc31)CN(C(C)C)C2=O. The standard InChI is InChI=1S/C31H34F2N4O5/c1-16(2)27(34)31(40)42-15-41-29-25(38)13-35-37-24(14-36(17(3)4)30(39)28(29)37)26-20-7-5-9-22(32)18(20)11-12-19-21(26)8-6-10-23(19)33/h5-10,13,16-17,24,26-27H,11-12,14-15,34H2,1-4H3/t24-,27-/m1/s1. The summed E-state index contributed by atoms with van der Waals surface area (Å²) < 4.78 is 42.6. The topological polar surface area (TPSA) is 117 Å². The predicted octanol–water partition coefficient (Wildman–Crippen LogP) is 3.72. The fourth-order valence-corrected chi connectivity index (χ4v) is 5.84. The number of fused-ring (bicyclic) bond motifs is 3. The summed E-state index contributed by atoms with van der Waals surface area (Å²) in [6.07, 6.45) is 1.63. The molecular weight excluding hydrogens is 546 g/mol. The van der Waals surface area contributed by atoms with E-state index in [0.717, 1.165) is 6.20 Å². The van der Waals surface area contributed by atoms with Crippen LogP contribution in [0.15, 0.2) is 47.4 Å². The van der Waals surface area contributed by atoms with Gasteiger partial charge >= 0.3 is 5.97 Å². The number of nitrogens with zero attached hydrogens (tertiary/aromatic N) is 3. The van der Waals surface area contributed by atoms with Crippen molar-refractivity contribution in [2.24, 2.45) is 11.7 Å². The van der Waals surface area contributed by atoms with E-state index in [2.05, 4.69) is 5.10 Å². The maximum absolute atomic E-state index is 15.2. The minimum Gasteiger partial charge on any atom is -0.451 e. The van der Waals surface area contributed by atoms with Crippen LogP contribution in [0.2, 0.25) is 0 Å². The Kier molecular flexibility index (Phi) is 8.14. The molecule has 2 aromatic carbocycles. The monoisotopic (exact) mass is 580 g/mol. The summed E-state index contributed by atoms with van der Waals surface area (Å²) in [7, 11) is 0. The smallest absolute Gasteiger partial charge is 0.326 e. The van der Waals surface area contributed by atoms with Gasteiger partial charge in [0.25, 0.3) is 5.91 Å². The molecule has 11 heteroatoms. The third-order valence-corrected chi connectivity index (χ3v) is 8.14. The maximum atomic E-state index is 15.2. The summed E-state index contributed by atoms with van der Waals surface area (Å²) in [5, 5.41) is 4.36. The lowest BCUT2D eigenvalue weighted by atomic mass is 9.81. The fourth-order valence-electron chi connectivity index (χ4n) is 5.84. The van der Waals surface area contributed by atoms with Crippen LogP contribution in [0.5, 0.6) is 5.75 Å². The van der Waals surface area contributed by atoms with Crippen LogP contribution < -0.4 is 15.9 Å². The molecule has 3 aromatic rings. The summed E-state index contributed by atoms with van der Waals surface area (Å²) in [6.45, 7) is 6.72. The average molecular weight is 581 g/mol. The number of amides is 1. The molecular formula is C31H34F2N4O5. The molecule has 0 bridgehead atoms. The molecule has 1 aliphatic heterocycles. The van der Waals surface area contributed by atoms with Crippen molar-refractivity contribution in [1.82, 2.24) is 14.7 Å². The second-order valence-electron chi connectivity index (χ2n) is 11.3. The zero-order chi connectivity index (χ0) is 30.3. The van der Waals surface area contributed by atoms with Gasteiger partial charge in [0, 0.05) is 18.5 Å². The van der Waals surface area contributed by atoms with Gasteiger partial charge in [0.2, 0.25) is 18.0 Å². The molecule has 1 aromatic heterocycles. The lowest BCUT2D eigenvalue weighted by Crippen LogP contribution is -2.50. The Morgan fingerprint density at radius 1 is 1.02 bits per heavy atom. The van der Waals surface area contributed by atoms with Gasteiger partial charge in [-0.1, -0.05) is 38.1 Å². The van der Waals surface area contributed by atoms with E-state index in [1.165, 1.54) is 16.8 Å². The normalized spacial score (nSPS) is 17.4. The van der Waals surface area contributed by atoms with Crippen LogP contribution in [0.4, 0.5) is 8.78 Å². The largest absolute Gasteiger partial charge is 0.451 e. The van der Waals surface area contributed by atoms with E-state index >= 15 is 8.78 Å². The first-order chi connectivity index (χ1) is 20.0. The van der Waals surface area contributed by atoms with Crippen LogP contribution in [-0.4, -0.2) is 52.0 Å². The third kappa shape index (κ3) is 5.17. The lowest BCUT2D eigenvalue weighted by Gasteiger charge is -2.41. The van der Waals surface area contributed by atoms with Crippen molar-refractivity contribution in [2.75, 3.05) is 13.3 Å². The van der Waals surface area contributed by atoms with E-state index in [0.29, 0.717) is 35.1 Å². The molecule has 0 saturated carbocycles. The Balaban J connectivity index is 1.66. The first-order valence-corrected chi connectivity index (χ1v) is 14.0. The first-order valence-electron chi connectivity index (χ1n) is 14.0. The number of rotatable bonds is 7. The summed E-state index contributed by atoms with van der Waals surface area (Å²) in [5.41, 5.74) is 7.30. The molecule has 42 heavy (non-hydrogen) atoms. The minimum atomic E-state index is -0.889. The van der Waals surface area contributed by atoms with E-state index in [1.54, 1.807) is 30.9 Å². The molecule has 0 fully saturated rings. The summed E-state index contributed by atoms with van der Waals surface area (Å²) in [6, 6.07) is 7.80. The van der Waals surface area contributed by atoms with Gasteiger partial charge in [-0.05, 0) is 67.0 Å². The molecule has 222 valence electrons. The van der Waals surface area contributed by atoms with Crippen LogP contribution in [0.25, 0.3) is 0 Å². The number of nitrogens with two attached hydrogens (primary N) is 1. The van der Waals surface area contributed by atoms with Gasteiger partial charge in [-0.25, -0.2) is 8.78 Å². The van der Waals surface area contributed by atoms with Crippen molar-refractivity contribution < 1.29 is 27.8 Å². The Morgan fingerprint density at radius 3 is 2.17 bits per heavy atom. The van der Waals surface area contributed by atoms with Crippen molar-refractivity contribution >= 4 is 11.9 Å². The van der Waals surface area contributed by atoms with Crippen LogP contribution in [-0.2, 0) is 22.4 Å². The highest BCUT2D eigenvalue weighted by Crippen LogP contribution is 2.45. The summed E-state index contributed by atoms with van der Waals surface area (Å²) in [4.78, 5) is 40.7. The molecule has 0 radical (unpaired) electrons. The number of hydrogen-bond acceptors (Lipinski definition) is 7. The Morgan fingerprint density at radius 2 is 1.62 bits per heavy atom. The molecule has 1 aliphatic carbocycles. The fraction of sp³-hybridized carbons (Fsp3) is 0.419. The molecule has 1 amide bonds. The summed E-state index contributed by atoms with van der Waals surface area (Å²) >= 11 is 0. The second kappa shape index (κ2) is 11.6.